The van der Waals surface area contributed by atoms with E-state index in [1.54, 1.807) is 6.07 Å². The number of nitrogens with two attached hydrogens (primary N) is 1. The van der Waals surface area contributed by atoms with Gasteiger partial charge in [-0.1, -0.05) is 28.0 Å². The molecule has 2 aromatic rings. The van der Waals surface area contributed by atoms with E-state index in [2.05, 4.69) is 26.1 Å². The molecule has 0 aliphatic rings. The average molecular weight is 314 g/mol. The van der Waals surface area contributed by atoms with Crippen molar-refractivity contribution < 1.29 is 8.91 Å². The van der Waals surface area contributed by atoms with Gasteiger partial charge in [-0.2, -0.15) is 4.98 Å². The summed E-state index contributed by atoms with van der Waals surface area (Å²) in [4.78, 5) is 4.26. The van der Waals surface area contributed by atoms with E-state index in [1.807, 2.05) is 6.92 Å². The molecule has 1 atom stereocenters. The van der Waals surface area contributed by atoms with Crippen LogP contribution >= 0.6 is 15.9 Å². The summed E-state index contributed by atoms with van der Waals surface area (Å²) in [7, 11) is 0. The zero-order valence-corrected chi connectivity index (χ0v) is 11.4. The van der Waals surface area contributed by atoms with Crippen molar-refractivity contribution >= 4 is 15.9 Å². The predicted octanol–water partition coefficient (Wildman–Crippen LogP) is 3.09. The van der Waals surface area contributed by atoms with Crippen LogP contribution in [0, 0.1) is 5.82 Å². The van der Waals surface area contributed by atoms with E-state index < -0.39 is 0 Å². The van der Waals surface area contributed by atoms with Crippen LogP contribution in [-0.2, 0) is 0 Å². The molecule has 4 nitrogen and oxygen atoms in total. The Hall–Kier alpha value is -1.27. The Balaban J connectivity index is 2.29. The molecule has 0 bridgehead atoms. The third kappa shape index (κ3) is 2.94. The lowest BCUT2D eigenvalue weighted by atomic mass is 10.1. The van der Waals surface area contributed by atoms with Crippen LogP contribution in [-0.4, -0.2) is 16.7 Å². The van der Waals surface area contributed by atoms with Crippen molar-refractivity contribution in [1.82, 2.24) is 10.1 Å². The molecule has 1 heterocycles. The summed E-state index contributed by atoms with van der Waals surface area (Å²) in [6.45, 7) is 2.52. The van der Waals surface area contributed by atoms with E-state index in [0.29, 0.717) is 28.3 Å². The van der Waals surface area contributed by atoms with E-state index in [9.17, 15) is 4.39 Å². The fourth-order valence-corrected chi connectivity index (χ4v) is 2.07. The van der Waals surface area contributed by atoms with Crippen molar-refractivity contribution in [2.75, 3.05) is 6.54 Å². The fourth-order valence-electron chi connectivity index (χ4n) is 1.61. The van der Waals surface area contributed by atoms with Gasteiger partial charge in [-0.25, -0.2) is 4.39 Å². The average Bonchev–Trinajstić information content (AvgIpc) is 2.77. The van der Waals surface area contributed by atoms with E-state index in [4.69, 9.17) is 10.3 Å². The molecule has 2 N–H and O–H groups in total. The molecule has 96 valence electrons. The molecular formula is C12H13BrFN3O. The predicted molar refractivity (Wildman–Crippen MR) is 69.5 cm³/mol. The highest BCUT2D eigenvalue weighted by molar-refractivity contribution is 9.10. The normalized spacial score (nSPS) is 12.7. The molecule has 0 spiro atoms. The maximum Gasteiger partial charge on any atom is 0.229 e. The Kier molecular flexibility index (Phi) is 4.08. The molecule has 2 rings (SSSR count). The second kappa shape index (κ2) is 5.58. The first-order chi connectivity index (χ1) is 8.60. The van der Waals surface area contributed by atoms with Gasteiger partial charge in [0.15, 0.2) is 0 Å². The zero-order chi connectivity index (χ0) is 13.1. The zero-order valence-electron chi connectivity index (χ0n) is 9.86. The molecule has 0 saturated heterocycles. The number of nitrogens with zero attached hydrogens (tertiary/aromatic N) is 2. The largest absolute Gasteiger partial charge is 0.339 e. The van der Waals surface area contributed by atoms with Gasteiger partial charge in [0.25, 0.3) is 0 Å². The molecular weight excluding hydrogens is 301 g/mol. The van der Waals surface area contributed by atoms with Gasteiger partial charge in [0, 0.05) is 16.0 Å². The Morgan fingerprint density at radius 2 is 2.22 bits per heavy atom. The second-order valence-corrected chi connectivity index (χ2v) is 5.01. The van der Waals surface area contributed by atoms with E-state index in [-0.39, 0.29) is 11.7 Å². The number of aromatic nitrogens is 2. The van der Waals surface area contributed by atoms with E-state index in [1.165, 1.54) is 12.1 Å². The van der Waals surface area contributed by atoms with Gasteiger partial charge in [0.05, 0.1) is 0 Å². The van der Waals surface area contributed by atoms with Crippen LogP contribution in [0.15, 0.2) is 27.2 Å². The topological polar surface area (TPSA) is 64.9 Å². The lowest BCUT2D eigenvalue weighted by Gasteiger charge is -2.01. The summed E-state index contributed by atoms with van der Waals surface area (Å²) in [5.41, 5.74) is 6.06. The first kappa shape index (κ1) is 13.2. The lowest BCUT2D eigenvalue weighted by Crippen LogP contribution is -2.04. The SMILES string of the molecule is CC(CCN)c1nc(-c2cc(F)cc(Br)c2)no1. The molecule has 1 unspecified atom stereocenters. The third-order valence-electron chi connectivity index (χ3n) is 2.58. The summed E-state index contributed by atoms with van der Waals surface area (Å²) < 4.78 is 19.1. The molecule has 6 heteroatoms. The monoisotopic (exact) mass is 313 g/mol. The molecule has 1 aromatic heterocycles. The van der Waals surface area contributed by atoms with E-state index >= 15 is 0 Å². The van der Waals surface area contributed by atoms with Crippen molar-refractivity contribution in [2.24, 2.45) is 5.73 Å². The summed E-state index contributed by atoms with van der Waals surface area (Å²) in [5, 5.41) is 3.86. The standard InChI is InChI=1S/C12H13BrFN3O/c1-7(2-3-15)12-16-11(17-18-12)8-4-9(13)6-10(14)5-8/h4-7H,2-3,15H2,1H3. The van der Waals surface area contributed by atoms with Crippen LogP contribution in [0.3, 0.4) is 0 Å². The van der Waals surface area contributed by atoms with Crippen LogP contribution in [0.1, 0.15) is 25.2 Å². The Bertz CT molecular complexity index is 524. The Morgan fingerprint density at radius 1 is 1.44 bits per heavy atom. The summed E-state index contributed by atoms with van der Waals surface area (Å²) in [5.74, 6) is 0.666. The summed E-state index contributed by atoms with van der Waals surface area (Å²) in [6.07, 6.45) is 0.772. The minimum atomic E-state index is -0.347. The van der Waals surface area contributed by atoms with Crippen LogP contribution in [0.4, 0.5) is 4.39 Å². The van der Waals surface area contributed by atoms with Gasteiger partial charge in [0.2, 0.25) is 11.7 Å². The Labute approximate surface area is 113 Å². The van der Waals surface area contributed by atoms with Gasteiger partial charge in [-0.3, -0.25) is 0 Å². The fraction of sp³-hybridized carbons (Fsp3) is 0.333. The van der Waals surface area contributed by atoms with Crippen molar-refractivity contribution in [3.63, 3.8) is 0 Å². The van der Waals surface area contributed by atoms with Crippen LogP contribution < -0.4 is 5.73 Å². The van der Waals surface area contributed by atoms with Gasteiger partial charge in [-0.15, -0.1) is 0 Å². The second-order valence-electron chi connectivity index (χ2n) is 4.09. The summed E-state index contributed by atoms with van der Waals surface area (Å²) in [6, 6.07) is 4.49. The highest BCUT2D eigenvalue weighted by Crippen LogP contribution is 2.24. The molecule has 0 amide bonds. The smallest absolute Gasteiger partial charge is 0.229 e. The molecule has 18 heavy (non-hydrogen) atoms. The van der Waals surface area contributed by atoms with Crippen LogP contribution in [0.2, 0.25) is 0 Å². The van der Waals surface area contributed by atoms with Crippen molar-refractivity contribution in [2.45, 2.75) is 19.3 Å². The van der Waals surface area contributed by atoms with Crippen molar-refractivity contribution in [3.8, 4) is 11.4 Å². The molecule has 0 radical (unpaired) electrons. The van der Waals surface area contributed by atoms with Crippen LogP contribution in [0.25, 0.3) is 11.4 Å². The highest BCUT2D eigenvalue weighted by Gasteiger charge is 2.15. The molecule has 1 aromatic carbocycles. The first-order valence-electron chi connectivity index (χ1n) is 5.60. The number of benzene rings is 1. The number of rotatable bonds is 4. The lowest BCUT2D eigenvalue weighted by molar-refractivity contribution is 0.355. The minimum absolute atomic E-state index is 0.105. The van der Waals surface area contributed by atoms with E-state index in [0.717, 1.165) is 6.42 Å². The molecule has 0 fully saturated rings. The molecule has 0 aliphatic carbocycles. The number of hydrogen-bond donors (Lipinski definition) is 1. The maximum atomic E-state index is 13.3. The maximum absolute atomic E-state index is 13.3. The number of halogens is 2. The minimum Gasteiger partial charge on any atom is -0.339 e. The summed E-state index contributed by atoms with van der Waals surface area (Å²) >= 11 is 3.23. The first-order valence-corrected chi connectivity index (χ1v) is 6.39. The highest BCUT2D eigenvalue weighted by atomic mass is 79.9. The van der Waals surface area contributed by atoms with Gasteiger partial charge in [-0.05, 0) is 31.2 Å². The van der Waals surface area contributed by atoms with Gasteiger partial charge < -0.3 is 10.3 Å². The molecule has 0 saturated carbocycles. The van der Waals surface area contributed by atoms with Crippen LogP contribution in [0.5, 0.6) is 0 Å². The quantitative estimate of drug-likeness (QED) is 0.942. The van der Waals surface area contributed by atoms with Crippen molar-refractivity contribution in [3.05, 3.63) is 34.4 Å². The number of hydrogen-bond acceptors (Lipinski definition) is 4. The van der Waals surface area contributed by atoms with Gasteiger partial charge in [0.1, 0.15) is 5.82 Å². The third-order valence-corrected chi connectivity index (χ3v) is 3.04. The van der Waals surface area contributed by atoms with Gasteiger partial charge >= 0.3 is 0 Å². The molecule has 0 aliphatic heterocycles. The van der Waals surface area contributed by atoms with Crippen molar-refractivity contribution in [1.29, 1.82) is 0 Å². The Morgan fingerprint density at radius 3 is 2.89 bits per heavy atom.